The Hall–Kier alpha value is -4.63. The zero-order valence-corrected chi connectivity index (χ0v) is 23.6. The standard InChI is InChI=1S/C31H33FN8O2/c1-22-3-5-25(15-24(22)6-4-23-17-33-31(34-18-23)37-28-19-35-38(2)21-28)30(42)36-27-8-7-26(29(32)16-27)20-40-11-9-39(10-12-40)13-14-41/h3,5,7-8,15-19,21,41H,9-14,20H2,1-2H3,(H,36,42)(H,33,34,37). The fourth-order valence-electron chi connectivity index (χ4n) is 4.62. The van der Waals surface area contributed by atoms with Crippen LogP contribution < -0.4 is 10.6 Å². The van der Waals surface area contributed by atoms with Gasteiger partial charge in [0.05, 0.1) is 24.1 Å². The molecule has 0 unspecified atom stereocenters. The number of piperazine rings is 1. The van der Waals surface area contributed by atoms with E-state index in [-0.39, 0.29) is 18.3 Å². The molecule has 0 radical (unpaired) electrons. The lowest BCUT2D eigenvalue weighted by Gasteiger charge is -2.34. The van der Waals surface area contributed by atoms with E-state index in [9.17, 15) is 9.18 Å². The first kappa shape index (κ1) is 28.9. The van der Waals surface area contributed by atoms with Crippen molar-refractivity contribution in [1.29, 1.82) is 0 Å². The van der Waals surface area contributed by atoms with Crippen LogP contribution >= 0.6 is 0 Å². The smallest absolute Gasteiger partial charge is 0.255 e. The van der Waals surface area contributed by atoms with Gasteiger partial charge in [0.25, 0.3) is 5.91 Å². The summed E-state index contributed by atoms with van der Waals surface area (Å²) in [6.07, 6.45) is 6.75. The van der Waals surface area contributed by atoms with Gasteiger partial charge in [0.1, 0.15) is 5.82 Å². The molecule has 0 bridgehead atoms. The van der Waals surface area contributed by atoms with E-state index in [1.54, 1.807) is 47.5 Å². The van der Waals surface area contributed by atoms with Crippen molar-refractivity contribution >= 4 is 23.2 Å². The van der Waals surface area contributed by atoms with Crippen LogP contribution in [0.4, 0.5) is 21.7 Å². The summed E-state index contributed by atoms with van der Waals surface area (Å²) in [6, 6.07) is 10.1. The van der Waals surface area contributed by atoms with Crippen molar-refractivity contribution in [2.75, 3.05) is 50.0 Å². The first-order chi connectivity index (χ1) is 20.4. The number of nitrogens with zero attached hydrogens (tertiary/aromatic N) is 6. The van der Waals surface area contributed by atoms with Gasteiger partial charge in [0.2, 0.25) is 5.95 Å². The Morgan fingerprint density at radius 3 is 2.45 bits per heavy atom. The summed E-state index contributed by atoms with van der Waals surface area (Å²) in [4.78, 5) is 26.0. The highest BCUT2D eigenvalue weighted by Gasteiger charge is 2.18. The number of halogens is 1. The number of β-amino-alcohol motifs (C(OH)–C–C–N with tert-alkyl or cyclic N) is 1. The fourth-order valence-corrected chi connectivity index (χ4v) is 4.62. The number of hydrogen-bond donors (Lipinski definition) is 3. The van der Waals surface area contributed by atoms with Gasteiger partial charge in [0, 0.05) is 87.3 Å². The van der Waals surface area contributed by atoms with Crippen LogP contribution in [0, 0.1) is 24.6 Å². The molecule has 1 aliphatic heterocycles. The number of aryl methyl sites for hydroxylation is 2. The molecule has 1 saturated heterocycles. The van der Waals surface area contributed by atoms with Crippen LogP contribution in [0.1, 0.15) is 32.6 Å². The Morgan fingerprint density at radius 1 is 1.00 bits per heavy atom. The van der Waals surface area contributed by atoms with Crippen LogP contribution in [0.3, 0.4) is 0 Å². The molecule has 216 valence electrons. The van der Waals surface area contributed by atoms with Crippen molar-refractivity contribution < 1.29 is 14.3 Å². The zero-order valence-electron chi connectivity index (χ0n) is 23.6. The molecule has 4 aromatic rings. The zero-order chi connectivity index (χ0) is 29.5. The van der Waals surface area contributed by atoms with Crippen molar-refractivity contribution in [2.45, 2.75) is 13.5 Å². The van der Waals surface area contributed by atoms with E-state index in [1.165, 1.54) is 6.07 Å². The molecule has 42 heavy (non-hydrogen) atoms. The highest BCUT2D eigenvalue weighted by atomic mass is 19.1. The normalized spacial score (nSPS) is 13.8. The lowest BCUT2D eigenvalue weighted by molar-refractivity contribution is 0.102. The molecule has 5 rings (SSSR count). The highest BCUT2D eigenvalue weighted by molar-refractivity contribution is 6.04. The quantitative estimate of drug-likeness (QED) is 0.278. The van der Waals surface area contributed by atoms with Crippen LogP contribution in [-0.2, 0) is 13.6 Å². The summed E-state index contributed by atoms with van der Waals surface area (Å²) in [6.45, 7) is 6.57. The minimum atomic E-state index is -0.357. The molecule has 2 aromatic carbocycles. The van der Waals surface area contributed by atoms with E-state index in [2.05, 4.69) is 47.3 Å². The van der Waals surface area contributed by atoms with Crippen LogP contribution in [0.25, 0.3) is 0 Å². The maximum Gasteiger partial charge on any atom is 0.255 e. The molecule has 0 aliphatic carbocycles. The molecule has 1 aliphatic rings. The number of hydrogen-bond acceptors (Lipinski definition) is 8. The second-order valence-electron chi connectivity index (χ2n) is 10.2. The summed E-state index contributed by atoms with van der Waals surface area (Å²) in [5, 5.41) is 19.1. The number of aliphatic hydroxyl groups is 1. The number of anilines is 3. The number of benzene rings is 2. The van der Waals surface area contributed by atoms with Crippen LogP contribution in [-0.4, -0.2) is 79.9 Å². The molecule has 0 spiro atoms. The van der Waals surface area contributed by atoms with E-state index in [0.29, 0.717) is 47.0 Å². The SMILES string of the molecule is Cc1ccc(C(=O)Nc2ccc(CN3CCN(CCO)CC3)c(F)c2)cc1C#Cc1cnc(Nc2cnn(C)c2)nc1. The van der Waals surface area contributed by atoms with Crippen molar-refractivity contribution in [3.05, 3.63) is 94.8 Å². The Bertz CT molecular complexity index is 1600. The van der Waals surface area contributed by atoms with Crippen molar-refractivity contribution in [3.63, 3.8) is 0 Å². The monoisotopic (exact) mass is 568 g/mol. The van der Waals surface area contributed by atoms with Gasteiger partial charge in [-0.2, -0.15) is 5.10 Å². The molecule has 0 atom stereocenters. The minimum Gasteiger partial charge on any atom is -0.395 e. The average Bonchev–Trinajstić information content (AvgIpc) is 3.40. The maximum atomic E-state index is 14.9. The van der Waals surface area contributed by atoms with Gasteiger partial charge >= 0.3 is 0 Å². The fraction of sp³-hybridized carbons (Fsp3) is 0.290. The highest BCUT2D eigenvalue weighted by Crippen LogP contribution is 2.19. The van der Waals surface area contributed by atoms with E-state index in [1.807, 2.05) is 26.2 Å². The lowest BCUT2D eigenvalue weighted by atomic mass is 10.0. The van der Waals surface area contributed by atoms with Gasteiger partial charge in [0.15, 0.2) is 0 Å². The molecule has 0 saturated carbocycles. The van der Waals surface area contributed by atoms with Gasteiger partial charge < -0.3 is 15.7 Å². The van der Waals surface area contributed by atoms with Crippen molar-refractivity contribution in [3.8, 4) is 11.8 Å². The molecule has 1 amide bonds. The molecule has 3 heterocycles. The Labute approximate surface area is 244 Å². The number of carbonyl (C=O) groups is 1. The van der Waals surface area contributed by atoms with E-state index < -0.39 is 0 Å². The molecule has 3 N–H and O–H groups in total. The number of rotatable bonds is 8. The maximum absolute atomic E-state index is 14.9. The van der Waals surface area contributed by atoms with Gasteiger partial charge in [-0.15, -0.1) is 0 Å². The van der Waals surface area contributed by atoms with Crippen molar-refractivity contribution in [2.24, 2.45) is 7.05 Å². The third kappa shape index (κ3) is 7.55. The Balaban J connectivity index is 1.20. The second-order valence-corrected chi connectivity index (χ2v) is 10.2. The van der Waals surface area contributed by atoms with Crippen LogP contribution in [0.5, 0.6) is 0 Å². The molecule has 1 fully saturated rings. The van der Waals surface area contributed by atoms with Gasteiger partial charge in [-0.25, -0.2) is 14.4 Å². The van der Waals surface area contributed by atoms with E-state index >= 15 is 0 Å². The third-order valence-corrected chi connectivity index (χ3v) is 7.04. The van der Waals surface area contributed by atoms with Crippen LogP contribution in [0.2, 0.25) is 0 Å². The third-order valence-electron chi connectivity index (χ3n) is 7.04. The predicted octanol–water partition coefficient (Wildman–Crippen LogP) is 3.16. The number of aromatic nitrogens is 4. The first-order valence-electron chi connectivity index (χ1n) is 13.7. The molecule has 2 aromatic heterocycles. The topological polar surface area (TPSA) is 111 Å². The summed E-state index contributed by atoms with van der Waals surface area (Å²) in [5.74, 6) is 5.88. The predicted molar refractivity (Wildman–Crippen MR) is 159 cm³/mol. The van der Waals surface area contributed by atoms with E-state index in [4.69, 9.17) is 5.11 Å². The van der Waals surface area contributed by atoms with Gasteiger partial charge in [-0.05, 0) is 36.8 Å². The summed E-state index contributed by atoms with van der Waals surface area (Å²) in [5.41, 5.74) is 4.42. The van der Waals surface area contributed by atoms with E-state index in [0.717, 1.165) is 37.4 Å². The Morgan fingerprint density at radius 2 is 1.76 bits per heavy atom. The molecular weight excluding hydrogens is 535 g/mol. The van der Waals surface area contributed by atoms with Crippen LogP contribution in [0.15, 0.2) is 61.2 Å². The largest absolute Gasteiger partial charge is 0.395 e. The number of nitrogens with one attached hydrogen (secondary N) is 2. The molecule has 11 heteroatoms. The minimum absolute atomic E-state index is 0.148. The Kier molecular flexibility index (Phi) is 9.18. The second kappa shape index (κ2) is 13.4. The molecular formula is C31H33FN8O2. The van der Waals surface area contributed by atoms with Crippen molar-refractivity contribution in [1.82, 2.24) is 29.5 Å². The number of aliphatic hydroxyl groups excluding tert-OH is 1. The summed E-state index contributed by atoms with van der Waals surface area (Å²) >= 11 is 0. The lowest BCUT2D eigenvalue weighted by Crippen LogP contribution is -2.46. The van der Waals surface area contributed by atoms with Gasteiger partial charge in [-0.1, -0.05) is 24.0 Å². The average molecular weight is 569 g/mol. The molecule has 10 nitrogen and oxygen atoms in total. The number of carbonyl (C=O) groups excluding carboxylic acids is 1. The summed E-state index contributed by atoms with van der Waals surface area (Å²) in [7, 11) is 1.83. The number of amides is 1. The van der Waals surface area contributed by atoms with Gasteiger partial charge in [-0.3, -0.25) is 19.3 Å². The summed E-state index contributed by atoms with van der Waals surface area (Å²) < 4.78 is 16.6. The first-order valence-corrected chi connectivity index (χ1v) is 13.7.